The minimum absolute atomic E-state index is 0.288. The Kier molecular flexibility index (Phi) is 2.68. The van der Waals surface area contributed by atoms with Gasteiger partial charge in [-0.05, 0) is 36.4 Å². The number of hydrogen-bond donors (Lipinski definition) is 0. The molecule has 88 valence electrons. The molecule has 0 radical (unpaired) electrons. The molecular formula is C14H8ClFN2. The number of aromatic nitrogens is 2. The first-order chi connectivity index (χ1) is 8.74. The first-order valence-electron chi connectivity index (χ1n) is 5.42. The Morgan fingerprint density at radius 1 is 0.833 bits per heavy atom. The van der Waals surface area contributed by atoms with Crippen molar-refractivity contribution >= 4 is 22.6 Å². The smallest absolute Gasteiger partial charge is 0.156 e. The number of hydrogen-bond acceptors (Lipinski definition) is 2. The van der Waals surface area contributed by atoms with E-state index in [-0.39, 0.29) is 5.82 Å². The molecule has 4 heteroatoms. The van der Waals surface area contributed by atoms with Gasteiger partial charge < -0.3 is 0 Å². The van der Waals surface area contributed by atoms with Gasteiger partial charge >= 0.3 is 0 Å². The number of benzene rings is 2. The molecule has 2 nitrogen and oxygen atoms in total. The maximum Gasteiger partial charge on any atom is 0.156 e. The van der Waals surface area contributed by atoms with E-state index in [0.29, 0.717) is 10.8 Å². The van der Waals surface area contributed by atoms with Gasteiger partial charge in [0.05, 0.1) is 11.0 Å². The van der Waals surface area contributed by atoms with E-state index in [1.807, 2.05) is 24.3 Å². The monoisotopic (exact) mass is 258 g/mol. The molecule has 0 fully saturated rings. The molecule has 0 bridgehead atoms. The topological polar surface area (TPSA) is 25.8 Å². The fraction of sp³-hybridized carbons (Fsp3) is 0. The summed E-state index contributed by atoms with van der Waals surface area (Å²) in [5, 5.41) is 0.320. The third-order valence-corrected chi connectivity index (χ3v) is 2.91. The molecule has 0 amide bonds. The van der Waals surface area contributed by atoms with Gasteiger partial charge in [0.25, 0.3) is 0 Å². The second kappa shape index (κ2) is 4.35. The van der Waals surface area contributed by atoms with Gasteiger partial charge in [-0.25, -0.2) is 14.4 Å². The van der Waals surface area contributed by atoms with Crippen molar-refractivity contribution < 1.29 is 4.39 Å². The Morgan fingerprint density at radius 3 is 2.11 bits per heavy atom. The van der Waals surface area contributed by atoms with Gasteiger partial charge in [-0.3, -0.25) is 0 Å². The molecule has 0 unspecified atom stereocenters. The molecule has 3 rings (SSSR count). The first kappa shape index (κ1) is 11.1. The summed E-state index contributed by atoms with van der Waals surface area (Å²) < 4.78 is 12.9. The third-order valence-electron chi connectivity index (χ3n) is 2.65. The number of para-hydroxylation sites is 2. The average molecular weight is 259 g/mol. The van der Waals surface area contributed by atoms with Gasteiger partial charge in [0.15, 0.2) is 5.15 Å². The predicted molar refractivity (Wildman–Crippen MR) is 69.9 cm³/mol. The lowest BCUT2D eigenvalue weighted by Gasteiger charge is -2.05. The average Bonchev–Trinajstić information content (AvgIpc) is 2.39. The second-order valence-corrected chi connectivity index (χ2v) is 4.22. The molecule has 1 heterocycles. The van der Waals surface area contributed by atoms with Crippen LogP contribution in [0.4, 0.5) is 4.39 Å². The molecule has 3 aromatic rings. The lowest BCUT2D eigenvalue weighted by molar-refractivity contribution is 0.628. The minimum Gasteiger partial charge on any atom is -0.243 e. The van der Waals surface area contributed by atoms with E-state index in [9.17, 15) is 4.39 Å². The second-order valence-electron chi connectivity index (χ2n) is 3.86. The highest BCUT2D eigenvalue weighted by molar-refractivity contribution is 6.32. The minimum atomic E-state index is -0.288. The molecule has 0 atom stereocenters. The summed E-state index contributed by atoms with van der Waals surface area (Å²) in [5.74, 6) is -0.288. The van der Waals surface area contributed by atoms with Gasteiger partial charge in [-0.2, -0.15) is 0 Å². The van der Waals surface area contributed by atoms with Crippen molar-refractivity contribution in [2.45, 2.75) is 0 Å². The lowest BCUT2D eigenvalue weighted by Crippen LogP contribution is -1.91. The molecule has 18 heavy (non-hydrogen) atoms. The van der Waals surface area contributed by atoms with Gasteiger partial charge in [0, 0.05) is 5.56 Å². The zero-order valence-corrected chi connectivity index (χ0v) is 10.0. The summed E-state index contributed by atoms with van der Waals surface area (Å²) in [6, 6.07) is 13.5. The Hall–Kier alpha value is -2.00. The summed E-state index contributed by atoms with van der Waals surface area (Å²) in [7, 11) is 0. The first-order valence-corrected chi connectivity index (χ1v) is 5.80. The number of fused-ring (bicyclic) bond motifs is 1. The maximum absolute atomic E-state index is 12.9. The van der Waals surface area contributed by atoms with E-state index in [1.54, 1.807) is 12.1 Å². The molecular weight excluding hydrogens is 251 g/mol. The number of halogens is 2. The van der Waals surface area contributed by atoms with Crippen LogP contribution in [-0.2, 0) is 0 Å². The largest absolute Gasteiger partial charge is 0.243 e. The summed E-state index contributed by atoms with van der Waals surface area (Å²) in [6.07, 6.45) is 0. The number of nitrogens with zero attached hydrogens (tertiary/aromatic N) is 2. The zero-order valence-electron chi connectivity index (χ0n) is 9.27. The van der Waals surface area contributed by atoms with E-state index < -0.39 is 0 Å². The Labute approximate surface area is 108 Å². The molecule has 0 aliphatic rings. The van der Waals surface area contributed by atoms with Crippen molar-refractivity contribution in [1.82, 2.24) is 9.97 Å². The Balaban J connectivity index is 2.22. The predicted octanol–water partition coefficient (Wildman–Crippen LogP) is 4.09. The van der Waals surface area contributed by atoms with Crippen LogP contribution in [0.5, 0.6) is 0 Å². The molecule has 0 aliphatic heterocycles. The van der Waals surface area contributed by atoms with Crippen molar-refractivity contribution in [1.29, 1.82) is 0 Å². The summed E-state index contributed by atoms with van der Waals surface area (Å²) >= 11 is 6.11. The van der Waals surface area contributed by atoms with Crippen molar-refractivity contribution in [3.63, 3.8) is 0 Å². The van der Waals surface area contributed by atoms with E-state index in [1.165, 1.54) is 12.1 Å². The van der Waals surface area contributed by atoms with Crippen LogP contribution in [0.3, 0.4) is 0 Å². The molecule has 0 spiro atoms. The van der Waals surface area contributed by atoms with E-state index in [2.05, 4.69) is 9.97 Å². The Morgan fingerprint density at radius 2 is 1.44 bits per heavy atom. The van der Waals surface area contributed by atoms with Crippen LogP contribution < -0.4 is 0 Å². The molecule has 0 aliphatic carbocycles. The fourth-order valence-electron chi connectivity index (χ4n) is 1.77. The van der Waals surface area contributed by atoms with Crippen LogP contribution >= 0.6 is 11.6 Å². The van der Waals surface area contributed by atoms with Crippen LogP contribution in [0, 0.1) is 5.82 Å². The van der Waals surface area contributed by atoms with Gasteiger partial charge in [-0.1, -0.05) is 23.7 Å². The molecule has 0 saturated heterocycles. The highest BCUT2D eigenvalue weighted by Crippen LogP contribution is 2.26. The van der Waals surface area contributed by atoms with Crippen molar-refractivity contribution in [3.05, 3.63) is 59.5 Å². The summed E-state index contributed by atoms with van der Waals surface area (Å²) in [6.45, 7) is 0. The van der Waals surface area contributed by atoms with Crippen molar-refractivity contribution in [2.24, 2.45) is 0 Å². The normalized spacial score (nSPS) is 10.8. The van der Waals surface area contributed by atoms with E-state index >= 15 is 0 Å². The zero-order chi connectivity index (χ0) is 12.5. The highest BCUT2D eigenvalue weighted by atomic mass is 35.5. The van der Waals surface area contributed by atoms with Crippen LogP contribution in [0.2, 0.25) is 5.15 Å². The standard InChI is InChI=1S/C14H8ClFN2/c15-14-13(9-5-7-10(16)8-6-9)17-11-3-1-2-4-12(11)18-14/h1-8H. The molecule has 0 saturated carbocycles. The van der Waals surface area contributed by atoms with Crippen molar-refractivity contribution in [2.75, 3.05) is 0 Å². The fourth-order valence-corrected chi connectivity index (χ4v) is 2.01. The highest BCUT2D eigenvalue weighted by Gasteiger charge is 2.08. The molecule has 0 N–H and O–H groups in total. The van der Waals surface area contributed by atoms with Crippen LogP contribution in [0.15, 0.2) is 48.5 Å². The summed E-state index contributed by atoms with van der Waals surface area (Å²) in [5.41, 5.74) is 2.82. The van der Waals surface area contributed by atoms with E-state index in [4.69, 9.17) is 11.6 Å². The lowest BCUT2D eigenvalue weighted by atomic mass is 10.1. The van der Waals surface area contributed by atoms with Crippen LogP contribution in [-0.4, -0.2) is 9.97 Å². The molecule has 1 aromatic heterocycles. The molecule has 2 aromatic carbocycles. The van der Waals surface area contributed by atoms with Gasteiger partial charge in [-0.15, -0.1) is 0 Å². The third kappa shape index (κ3) is 1.93. The van der Waals surface area contributed by atoms with Gasteiger partial charge in [0.1, 0.15) is 11.5 Å². The quantitative estimate of drug-likeness (QED) is 0.657. The van der Waals surface area contributed by atoms with Crippen LogP contribution in [0.1, 0.15) is 0 Å². The van der Waals surface area contributed by atoms with E-state index in [0.717, 1.165) is 16.6 Å². The van der Waals surface area contributed by atoms with Gasteiger partial charge in [0.2, 0.25) is 0 Å². The maximum atomic E-state index is 12.9. The SMILES string of the molecule is Fc1ccc(-c2nc3ccccc3nc2Cl)cc1. The summed E-state index contributed by atoms with van der Waals surface area (Å²) in [4.78, 5) is 8.74. The Bertz CT molecular complexity index is 711. The van der Waals surface area contributed by atoms with Crippen LogP contribution in [0.25, 0.3) is 22.3 Å². The van der Waals surface area contributed by atoms with Crippen molar-refractivity contribution in [3.8, 4) is 11.3 Å². The number of rotatable bonds is 1.